The first-order chi connectivity index (χ1) is 15.0. The average molecular weight is 437 g/mol. The first kappa shape index (κ1) is 22.2. The Labute approximate surface area is 185 Å². The lowest BCUT2D eigenvalue weighted by Gasteiger charge is -2.20. The van der Waals surface area contributed by atoms with Crippen molar-refractivity contribution in [1.29, 1.82) is 0 Å². The van der Waals surface area contributed by atoms with E-state index in [1.807, 2.05) is 68.4 Å². The lowest BCUT2D eigenvalue weighted by atomic mass is 10.0. The number of rotatable bonds is 8. The third-order valence-electron chi connectivity index (χ3n) is 4.47. The van der Waals surface area contributed by atoms with Crippen molar-refractivity contribution in [2.24, 2.45) is 5.92 Å². The molecule has 0 saturated heterocycles. The summed E-state index contributed by atoms with van der Waals surface area (Å²) >= 11 is 1.26. The van der Waals surface area contributed by atoms with Gasteiger partial charge in [0.2, 0.25) is 16.9 Å². The maximum atomic E-state index is 12.8. The molecule has 1 unspecified atom stereocenters. The van der Waals surface area contributed by atoms with Crippen LogP contribution < -0.4 is 15.4 Å². The molecule has 7 nitrogen and oxygen atoms in total. The third kappa shape index (κ3) is 6.23. The van der Waals surface area contributed by atoms with Crippen molar-refractivity contribution >= 4 is 34.4 Å². The molecule has 3 aromatic rings. The zero-order valence-corrected chi connectivity index (χ0v) is 18.3. The molecule has 1 heterocycles. The number of anilines is 1. The lowest BCUT2D eigenvalue weighted by Crippen LogP contribution is -2.46. The monoisotopic (exact) mass is 436 g/mol. The van der Waals surface area contributed by atoms with E-state index < -0.39 is 6.04 Å². The Kier molecular flexibility index (Phi) is 7.50. The molecule has 3 rings (SSSR count). The molecule has 0 aliphatic rings. The zero-order chi connectivity index (χ0) is 22.2. The number of carbonyl (C=O) groups is 2. The second-order valence-electron chi connectivity index (χ2n) is 7.10. The van der Waals surface area contributed by atoms with Crippen LogP contribution in [-0.4, -0.2) is 35.2 Å². The maximum absolute atomic E-state index is 12.8. The van der Waals surface area contributed by atoms with Crippen LogP contribution in [0.25, 0.3) is 16.6 Å². The predicted molar refractivity (Wildman–Crippen MR) is 123 cm³/mol. The van der Waals surface area contributed by atoms with Gasteiger partial charge in [0.25, 0.3) is 0 Å². The van der Waals surface area contributed by atoms with Gasteiger partial charge in [0.15, 0.2) is 0 Å². The Morgan fingerprint density at radius 1 is 1.03 bits per heavy atom. The van der Waals surface area contributed by atoms with Crippen LogP contribution in [-0.2, 0) is 9.59 Å². The molecule has 0 saturated carbocycles. The molecular weight excluding hydrogens is 412 g/mol. The van der Waals surface area contributed by atoms with Crippen molar-refractivity contribution < 1.29 is 14.3 Å². The van der Waals surface area contributed by atoms with E-state index in [2.05, 4.69) is 20.8 Å². The molecule has 1 atom stereocenters. The Morgan fingerprint density at radius 2 is 1.74 bits per heavy atom. The first-order valence-electron chi connectivity index (χ1n) is 9.78. The molecule has 2 N–H and O–H groups in total. The van der Waals surface area contributed by atoms with Crippen LogP contribution in [0.2, 0.25) is 0 Å². The largest absolute Gasteiger partial charge is 0.497 e. The van der Waals surface area contributed by atoms with Crippen molar-refractivity contribution in [3.05, 3.63) is 66.2 Å². The molecule has 0 aliphatic heterocycles. The van der Waals surface area contributed by atoms with Crippen molar-refractivity contribution in [2.75, 3.05) is 12.4 Å². The second kappa shape index (κ2) is 10.5. The lowest BCUT2D eigenvalue weighted by molar-refractivity contribution is -0.124. The summed E-state index contributed by atoms with van der Waals surface area (Å²) in [6.07, 6.45) is 3.13. The van der Waals surface area contributed by atoms with E-state index in [4.69, 9.17) is 4.74 Å². The number of ether oxygens (including phenoxy) is 1. The Balaban J connectivity index is 1.63. The van der Waals surface area contributed by atoms with E-state index >= 15 is 0 Å². The molecule has 160 valence electrons. The first-order valence-corrected chi connectivity index (χ1v) is 10.6. The van der Waals surface area contributed by atoms with E-state index in [1.54, 1.807) is 13.2 Å². The fourth-order valence-corrected chi connectivity index (χ4v) is 3.53. The number of nitrogens with one attached hydrogen (secondary N) is 2. The predicted octanol–water partition coefficient (Wildman–Crippen LogP) is 4.01. The molecule has 2 amide bonds. The number of amides is 2. The minimum absolute atomic E-state index is 0.108. The van der Waals surface area contributed by atoms with Gasteiger partial charge in [0.1, 0.15) is 16.8 Å². The number of carbonyl (C=O) groups excluding carboxylic acids is 2. The summed E-state index contributed by atoms with van der Waals surface area (Å²) in [4.78, 5) is 25.1. The zero-order valence-electron chi connectivity index (χ0n) is 17.5. The van der Waals surface area contributed by atoms with Gasteiger partial charge in [0.05, 0.1) is 7.11 Å². The van der Waals surface area contributed by atoms with E-state index in [9.17, 15) is 9.59 Å². The number of aromatic nitrogens is 2. The third-order valence-corrected chi connectivity index (χ3v) is 5.35. The van der Waals surface area contributed by atoms with Crippen molar-refractivity contribution in [3.8, 4) is 16.3 Å². The Hall–Kier alpha value is -3.52. The SMILES string of the molecule is COc1ccc(-c2nnc(NC(=O)C(NC(=O)C=Cc3ccccc3)C(C)C)s2)cc1. The average Bonchev–Trinajstić information content (AvgIpc) is 3.25. The van der Waals surface area contributed by atoms with Crippen LogP contribution in [0.3, 0.4) is 0 Å². The topological polar surface area (TPSA) is 93.2 Å². The van der Waals surface area contributed by atoms with Gasteiger partial charge in [-0.2, -0.15) is 0 Å². The molecule has 0 bridgehead atoms. The highest BCUT2D eigenvalue weighted by molar-refractivity contribution is 7.18. The summed E-state index contributed by atoms with van der Waals surface area (Å²) in [6, 6.07) is 16.2. The van der Waals surface area contributed by atoms with Gasteiger partial charge >= 0.3 is 0 Å². The van der Waals surface area contributed by atoms with E-state index in [1.165, 1.54) is 17.4 Å². The molecule has 1 aromatic heterocycles. The van der Waals surface area contributed by atoms with Gasteiger partial charge in [-0.25, -0.2) is 0 Å². The molecule has 0 aliphatic carbocycles. The number of methoxy groups -OCH3 is 1. The normalized spacial score (nSPS) is 12.0. The summed E-state index contributed by atoms with van der Waals surface area (Å²) in [7, 11) is 1.61. The van der Waals surface area contributed by atoms with Crippen molar-refractivity contribution in [1.82, 2.24) is 15.5 Å². The summed E-state index contributed by atoms with van der Waals surface area (Å²) < 4.78 is 5.16. The van der Waals surface area contributed by atoms with Gasteiger partial charge in [-0.3, -0.25) is 14.9 Å². The fourth-order valence-electron chi connectivity index (χ4n) is 2.78. The summed E-state index contributed by atoms with van der Waals surface area (Å²) in [6.45, 7) is 3.74. The molecule has 0 spiro atoms. The summed E-state index contributed by atoms with van der Waals surface area (Å²) in [5, 5.41) is 14.8. The highest BCUT2D eigenvalue weighted by atomic mass is 32.1. The van der Waals surface area contributed by atoms with E-state index in [0.717, 1.165) is 16.9 Å². The standard InChI is InChI=1S/C23H24N4O3S/c1-15(2)20(24-19(28)14-9-16-7-5-4-6-8-16)21(29)25-23-27-26-22(31-23)17-10-12-18(30-3)13-11-17/h4-15,20H,1-3H3,(H,24,28)(H,25,27,29). The molecule has 31 heavy (non-hydrogen) atoms. The quantitative estimate of drug-likeness (QED) is 0.521. The Morgan fingerprint density at radius 3 is 2.39 bits per heavy atom. The van der Waals surface area contributed by atoms with Crippen LogP contribution in [0, 0.1) is 5.92 Å². The second-order valence-corrected chi connectivity index (χ2v) is 8.08. The van der Waals surface area contributed by atoms with Gasteiger partial charge in [-0.1, -0.05) is 55.5 Å². The molecule has 0 fully saturated rings. The maximum Gasteiger partial charge on any atom is 0.249 e. The van der Waals surface area contributed by atoms with Gasteiger partial charge in [-0.05, 0) is 41.8 Å². The van der Waals surface area contributed by atoms with Crippen LogP contribution in [0.4, 0.5) is 5.13 Å². The minimum Gasteiger partial charge on any atom is -0.497 e. The van der Waals surface area contributed by atoms with Crippen LogP contribution in [0.1, 0.15) is 19.4 Å². The number of hydrogen-bond acceptors (Lipinski definition) is 6. The molecule has 0 radical (unpaired) electrons. The minimum atomic E-state index is -0.707. The highest BCUT2D eigenvalue weighted by Crippen LogP contribution is 2.28. The summed E-state index contributed by atoms with van der Waals surface area (Å²) in [5.41, 5.74) is 1.78. The Bertz CT molecular complexity index is 1050. The van der Waals surface area contributed by atoms with Gasteiger partial charge in [0, 0.05) is 11.6 Å². The van der Waals surface area contributed by atoms with Crippen molar-refractivity contribution in [3.63, 3.8) is 0 Å². The number of nitrogens with zero attached hydrogens (tertiary/aromatic N) is 2. The molecule has 2 aromatic carbocycles. The summed E-state index contributed by atoms with van der Waals surface area (Å²) in [5.74, 6) is -0.0375. The number of hydrogen-bond donors (Lipinski definition) is 2. The van der Waals surface area contributed by atoms with E-state index in [-0.39, 0.29) is 17.7 Å². The van der Waals surface area contributed by atoms with Crippen LogP contribution in [0.5, 0.6) is 5.75 Å². The number of benzene rings is 2. The van der Waals surface area contributed by atoms with Crippen LogP contribution in [0.15, 0.2) is 60.7 Å². The highest BCUT2D eigenvalue weighted by Gasteiger charge is 2.24. The van der Waals surface area contributed by atoms with Gasteiger partial charge < -0.3 is 10.1 Å². The molecular formula is C23H24N4O3S. The smallest absolute Gasteiger partial charge is 0.249 e. The van der Waals surface area contributed by atoms with Crippen LogP contribution >= 0.6 is 11.3 Å². The molecule has 8 heteroatoms. The van der Waals surface area contributed by atoms with Crippen molar-refractivity contribution in [2.45, 2.75) is 19.9 Å². The van der Waals surface area contributed by atoms with E-state index in [0.29, 0.717) is 10.1 Å². The van der Waals surface area contributed by atoms with Gasteiger partial charge in [-0.15, -0.1) is 10.2 Å². The fraction of sp³-hybridized carbons (Fsp3) is 0.217.